The van der Waals surface area contributed by atoms with Crippen LogP contribution in [0.25, 0.3) is 11.0 Å². The van der Waals surface area contributed by atoms with Crippen molar-refractivity contribution >= 4 is 22.8 Å². The Morgan fingerprint density at radius 1 is 1.06 bits per heavy atom. The van der Waals surface area contributed by atoms with Crippen LogP contribution >= 0.6 is 0 Å². The molecule has 2 aromatic heterocycles. The SMILES string of the molecule is Cc1nn(C(C)(C)C)c2nc(C3CC3)cc(C(=O)N3CCN(Cc4ccc(C(N)=O)cc4)CC3)c12. The number of aromatic nitrogens is 3. The van der Waals surface area contributed by atoms with Crippen molar-refractivity contribution in [1.29, 1.82) is 0 Å². The number of benzene rings is 1. The number of hydrogen-bond donors (Lipinski definition) is 1. The normalized spacial score (nSPS) is 17.2. The maximum absolute atomic E-state index is 13.8. The van der Waals surface area contributed by atoms with Crippen molar-refractivity contribution < 1.29 is 9.59 Å². The molecule has 184 valence electrons. The smallest absolute Gasteiger partial charge is 0.254 e. The predicted molar refractivity (Wildman–Crippen MR) is 135 cm³/mol. The fourth-order valence-corrected chi connectivity index (χ4v) is 4.84. The van der Waals surface area contributed by atoms with Crippen LogP contribution in [0.5, 0.6) is 0 Å². The summed E-state index contributed by atoms with van der Waals surface area (Å²) in [5.41, 5.74) is 10.2. The summed E-state index contributed by atoms with van der Waals surface area (Å²) < 4.78 is 1.97. The van der Waals surface area contributed by atoms with Gasteiger partial charge < -0.3 is 10.6 Å². The molecule has 2 amide bonds. The summed E-state index contributed by atoms with van der Waals surface area (Å²) in [6.45, 7) is 12.1. The van der Waals surface area contributed by atoms with E-state index in [1.54, 1.807) is 12.1 Å². The Kier molecular flexibility index (Phi) is 5.87. The lowest BCUT2D eigenvalue weighted by molar-refractivity contribution is 0.0630. The molecule has 1 aliphatic heterocycles. The minimum atomic E-state index is -0.415. The zero-order chi connectivity index (χ0) is 24.9. The molecule has 0 unspecified atom stereocenters. The van der Waals surface area contributed by atoms with Gasteiger partial charge in [-0.05, 0) is 64.3 Å². The van der Waals surface area contributed by atoms with Gasteiger partial charge in [-0.2, -0.15) is 5.10 Å². The zero-order valence-electron chi connectivity index (χ0n) is 21.0. The molecule has 35 heavy (non-hydrogen) atoms. The molecule has 1 saturated carbocycles. The standard InChI is InChI=1S/C27H34N6O2/c1-17-23-21(15-22(19-9-10-19)29-25(23)33(30-17)27(2,3)4)26(35)32-13-11-31(12-14-32)16-18-5-7-20(8-6-18)24(28)34/h5-8,15,19H,9-14,16H2,1-4H3,(H2,28,34). The highest BCUT2D eigenvalue weighted by atomic mass is 16.2. The number of fused-ring (bicyclic) bond motifs is 1. The summed E-state index contributed by atoms with van der Waals surface area (Å²) in [5.74, 6) is 0.107. The number of rotatable bonds is 5. The van der Waals surface area contributed by atoms with Crippen LogP contribution in [-0.4, -0.2) is 62.6 Å². The molecule has 8 heteroatoms. The third kappa shape index (κ3) is 4.67. The molecule has 3 heterocycles. The second-order valence-electron chi connectivity index (χ2n) is 10.9. The molecule has 0 spiro atoms. The topological polar surface area (TPSA) is 97.3 Å². The van der Waals surface area contributed by atoms with E-state index in [4.69, 9.17) is 15.8 Å². The Hall–Kier alpha value is -3.26. The summed E-state index contributed by atoms with van der Waals surface area (Å²) in [5, 5.41) is 5.67. The molecule has 1 aromatic carbocycles. The lowest BCUT2D eigenvalue weighted by atomic mass is 10.0. The first-order valence-electron chi connectivity index (χ1n) is 12.4. The first-order valence-corrected chi connectivity index (χ1v) is 12.4. The van der Waals surface area contributed by atoms with Gasteiger partial charge >= 0.3 is 0 Å². The first kappa shape index (κ1) is 23.5. The van der Waals surface area contributed by atoms with E-state index >= 15 is 0 Å². The fourth-order valence-electron chi connectivity index (χ4n) is 4.84. The quantitative estimate of drug-likeness (QED) is 0.611. The Balaban J connectivity index is 1.35. The van der Waals surface area contributed by atoms with Gasteiger partial charge in [-0.1, -0.05) is 12.1 Å². The van der Waals surface area contributed by atoms with E-state index in [-0.39, 0.29) is 11.4 Å². The lowest BCUT2D eigenvalue weighted by Gasteiger charge is -2.35. The van der Waals surface area contributed by atoms with Gasteiger partial charge in [0.2, 0.25) is 5.91 Å². The van der Waals surface area contributed by atoms with Crippen LogP contribution in [0.3, 0.4) is 0 Å². The largest absolute Gasteiger partial charge is 0.366 e. The Labute approximate surface area is 206 Å². The van der Waals surface area contributed by atoms with E-state index in [9.17, 15) is 9.59 Å². The molecule has 1 saturated heterocycles. The highest BCUT2D eigenvalue weighted by molar-refractivity contribution is 6.06. The first-order chi connectivity index (χ1) is 16.6. The van der Waals surface area contributed by atoms with E-state index in [0.29, 0.717) is 24.6 Å². The Bertz CT molecular complexity index is 1280. The van der Waals surface area contributed by atoms with Crippen LogP contribution in [0.1, 0.15) is 77.2 Å². The van der Waals surface area contributed by atoms with Crippen LogP contribution < -0.4 is 5.73 Å². The van der Waals surface area contributed by atoms with Crippen molar-refractivity contribution in [3.8, 4) is 0 Å². The predicted octanol–water partition coefficient (Wildman–Crippen LogP) is 3.43. The highest BCUT2D eigenvalue weighted by Crippen LogP contribution is 2.41. The van der Waals surface area contributed by atoms with Gasteiger partial charge in [0.25, 0.3) is 5.91 Å². The average Bonchev–Trinajstić information content (AvgIpc) is 3.61. The molecule has 5 rings (SSSR count). The van der Waals surface area contributed by atoms with Gasteiger partial charge in [-0.3, -0.25) is 14.5 Å². The summed E-state index contributed by atoms with van der Waals surface area (Å²) in [4.78, 5) is 34.4. The number of piperazine rings is 1. The molecule has 2 aliphatic rings. The van der Waals surface area contributed by atoms with Crippen LogP contribution in [-0.2, 0) is 12.1 Å². The maximum atomic E-state index is 13.8. The Morgan fingerprint density at radius 2 is 1.71 bits per heavy atom. The molecule has 1 aliphatic carbocycles. The number of primary amides is 1. The zero-order valence-corrected chi connectivity index (χ0v) is 21.0. The minimum Gasteiger partial charge on any atom is -0.366 e. The van der Waals surface area contributed by atoms with Crippen LogP contribution in [0.15, 0.2) is 30.3 Å². The highest BCUT2D eigenvalue weighted by Gasteiger charge is 2.32. The van der Waals surface area contributed by atoms with E-state index in [0.717, 1.165) is 66.0 Å². The number of carbonyl (C=O) groups excluding carboxylic acids is 2. The van der Waals surface area contributed by atoms with Gasteiger partial charge in [-0.15, -0.1) is 0 Å². The fraction of sp³-hybridized carbons (Fsp3) is 0.481. The van der Waals surface area contributed by atoms with Crippen LogP contribution in [0, 0.1) is 6.92 Å². The number of hydrogen-bond acceptors (Lipinski definition) is 5. The molecule has 3 aromatic rings. The molecule has 2 N–H and O–H groups in total. The maximum Gasteiger partial charge on any atom is 0.254 e. The number of nitrogens with two attached hydrogens (primary N) is 1. The van der Waals surface area contributed by atoms with Crippen molar-refractivity contribution in [3.05, 3.63) is 58.4 Å². The summed E-state index contributed by atoms with van der Waals surface area (Å²) in [6.07, 6.45) is 2.27. The second kappa shape index (κ2) is 8.75. The number of nitrogens with zero attached hydrogens (tertiary/aromatic N) is 5. The summed E-state index contributed by atoms with van der Waals surface area (Å²) in [6, 6.07) is 9.45. The average molecular weight is 475 g/mol. The molecular weight excluding hydrogens is 440 g/mol. The minimum absolute atomic E-state index is 0.0707. The van der Waals surface area contributed by atoms with Crippen molar-refractivity contribution in [1.82, 2.24) is 24.6 Å². The van der Waals surface area contributed by atoms with Crippen molar-refractivity contribution in [3.63, 3.8) is 0 Å². The summed E-state index contributed by atoms with van der Waals surface area (Å²) in [7, 11) is 0. The van der Waals surface area contributed by atoms with E-state index in [1.165, 1.54) is 0 Å². The van der Waals surface area contributed by atoms with Crippen LogP contribution in [0.4, 0.5) is 0 Å². The van der Waals surface area contributed by atoms with E-state index < -0.39 is 5.91 Å². The molecule has 8 nitrogen and oxygen atoms in total. The molecule has 2 fully saturated rings. The van der Waals surface area contributed by atoms with E-state index in [1.807, 2.05) is 34.7 Å². The monoisotopic (exact) mass is 474 g/mol. The van der Waals surface area contributed by atoms with Gasteiger partial charge in [0.1, 0.15) is 0 Å². The number of pyridine rings is 1. The third-order valence-electron chi connectivity index (χ3n) is 7.00. The van der Waals surface area contributed by atoms with Gasteiger partial charge in [0.05, 0.1) is 22.2 Å². The lowest BCUT2D eigenvalue weighted by Crippen LogP contribution is -2.48. The van der Waals surface area contributed by atoms with Crippen molar-refractivity contribution in [2.24, 2.45) is 5.73 Å². The Morgan fingerprint density at radius 3 is 2.29 bits per heavy atom. The van der Waals surface area contributed by atoms with Gasteiger partial charge in [-0.25, -0.2) is 9.67 Å². The van der Waals surface area contributed by atoms with Crippen LogP contribution in [0.2, 0.25) is 0 Å². The number of carbonyl (C=O) groups is 2. The molecule has 0 atom stereocenters. The number of amides is 2. The van der Waals surface area contributed by atoms with Crippen molar-refractivity contribution in [2.45, 2.75) is 58.5 Å². The third-order valence-corrected chi connectivity index (χ3v) is 7.00. The number of aryl methyl sites for hydroxylation is 1. The summed E-state index contributed by atoms with van der Waals surface area (Å²) >= 11 is 0. The molecule has 0 bridgehead atoms. The molecule has 0 radical (unpaired) electrons. The van der Waals surface area contributed by atoms with E-state index in [2.05, 4.69) is 25.7 Å². The molecular formula is C27H34N6O2. The van der Waals surface area contributed by atoms with Crippen molar-refractivity contribution in [2.75, 3.05) is 26.2 Å². The van der Waals surface area contributed by atoms with Gasteiger partial charge in [0.15, 0.2) is 5.65 Å². The second-order valence-corrected chi connectivity index (χ2v) is 10.9. The van der Waals surface area contributed by atoms with Gasteiger partial charge in [0, 0.05) is 49.9 Å².